The summed E-state index contributed by atoms with van der Waals surface area (Å²) < 4.78 is 18.6. The van der Waals surface area contributed by atoms with Crippen molar-refractivity contribution in [2.24, 2.45) is 0 Å². The number of likely N-dealkylation sites (tertiary alicyclic amines) is 1. The zero-order chi connectivity index (χ0) is 19.7. The van der Waals surface area contributed by atoms with Crippen molar-refractivity contribution >= 4 is 17.5 Å². The maximum atomic E-state index is 13.3. The molecule has 140 valence electrons. The van der Waals surface area contributed by atoms with Crippen molar-refractivity contribution in [3.8, 4) is 17.5 Å². The summed E-state index contributed by atoms with van der Waals surface area (Å²) in [6, 6.07) is 13.4. The Morgan fingerprint density at radius 3 is 2.96 bits per heavy atom. The monoisotopic (exact) mass is 396 g/mol. The SMILES string of the molecule is N#Cc1cccc(-c2nc(C3CC(=O)N(Cc4ccc(F)c(Cl)c4)C3)no2)c1. The minimum Gasteiger partial charge on any atom is -0.338 e. The van der Waals surface area contributed by atoms with Crippen LogP contribution >= 0.6 is 11.6 Å². The molecular formula is C20H14ClFN4O2. The van der Waals surface area contributed by atoms with Crippen molar-refractivity contribution in [1.82, 2.24) is 15.0 Å². The van der Waals surface area contributed by atoms with Gasteiger partial charge in [-0.05, 0) is 35.9 Å². The highest BCUT2D eigenvalue weighted by molar-refractivity contribution is 6.30. The molecule has 1 aliphatic rings. The standard InChI is InChI=1S/C20H14ClFN4O2/c21-16-7-13(4-5-17(16)22)10-26-11-15(8-18(26)27)19-24-20(28-25-19)14-3-1-2-12(6-14)9-23/h1-7,15H,8,10-11H2. The van der Waals surface area contributed by atoms with E-state index in [0.717, 1.165) is 5.56 Å². The van der Waals surface area contributed by atoms with Crippen LogP contribution in [0.5, 0.6) is 0 Å². The van der Waals surface area contributed by atoms with E-state index in [1.807, 2.05) is 0 Å². The van der Waals surface area contributed by atoms with E-state index < -0.39 is 5.82 Å². The number of aromatic nitrogens is 2. The van der Waals surface area contributed by atoms with Crippen LogP contribution in [0, 0.1) is 17.1 Å². The molecule has 28 heavy (non-hydrogen) atoms. The lowest BCUT2D eigenvalue weighted by molar-refractivity contribution is -0.128. The molecule has 1 atom stereocenters. The first-order chi connectivity index (χ1) is 13.5. The normalized spacial score (nSPS) is 16.4. The van der Waals surface area contributed by atoms with E-state index in [2.05, 4.69) is 16.2 Å². The molecule has 6 nitrogen and oxygen atoms in total. The second kappa shape index (κ2) is 7.41. The molecule has 0 radical (unpaired) electrons. The van der Waals surface area contributed by atoms with Crippen LogP contribution in [0.2, 0.25) is 5.02 Å². The number of carbonyl (C=O) groups is 1. The third kappa shape index (κ3) is 3.59. The van der Waals surface area contributed by atoms with Crippen LogP contribution in [-0.2, 0) is 11.3 Å². The summed E-state index contributed by atoms with van der Waals surface area (Å²) in [4.78, 5) is 18.4. The number of benzene rings is 2. The lowest BCUT2D eigenvalue weighted by Gasteiger charge is -2.16. The number of hydrogen-bond donors (Lipinski definition) is 0. The van der Waals surface area contributed by atoms with E-state index in [4.69, 9.17) is 21.4 Å². The van der Waals surface area contributed by atoms with Gasteiger partial charge in [0.05, 0.1) is 16.7 Å². The summed E-state index contributed by atoms with van der Waals surface area (Å²) in [6.07, 6.45) is 0.270. The van der Waals surface area contributed by atoms with E-state index in [1.54, 1.807) is 35.2 Å². The second-order valence-corrected chi connectivity index (χ2v) is 6.98. The molecule has 0 bridgehead atoms. The van der Waals surface area contributed by atoms with Gasteiger partial charge in [0.2, 0.25) is 5.91 Å². The van der Waals surface area contributed by atoms with Crippen LogP contribution in [0.4, 0.5) is 4.39 Å². The third-order valence-electron chi connectivity index (χ3n) is 4.62. The van der Waals surface area contributed by atoms with Gasteiger partial charge in [0, 0.05) is 31.0 Å². The van der Waals surface area contributed by atoms with Crippen LogP contribution in [-0.4, -0.2) is 27.5 Å². The van der Waals surface area contributed by atoms with Crippen LogP contribution in [0.3, 0.4) is 0 Å². The van der Waals surface area contributed by atoms with Crippen molar-refractivity contribution in [3.05, 3.63) is 70.3 Å². The number of halogens is 2. The molecule has 0 N–H and O–H groups in total. The largest absolute Gasteiger partial charge is 0.338 e. The molecule has 1 fully saturated rings. The zero-order valence-corrected chi connectivity index (χ0v) is 15.4. The average molecular weight is 397 g/mol. The highest BCUT2D eigenvalue weighted by atomic mass is 35.5. The number of rotatable bonds is 4. The maximum Gasteiger partial charge on any atom is 0.257 e. The Morgan fingerprint density at radius 1 is 1.32 bits per heavy atom. The van der Waals surface area contributed by atoms with Crippen LogP contribution in [0.15, 0.2) is 47.0 Å². The van der Waals surface area contributed by atoms with Gasteiger partial charge in [-0.1, -0.05) is 28.9 Å². The van der Waals surface area contributed by atoms with Gasteiger partial charge in [0.15, 0.2) is 5.82 Å². The van der Waals surface area contributed by atoms with Crippen molar-refractivity contribution in [3.63, 3.8) is 0 Å². The molecule has 0 spiro atoms. The van der Waals surface area contributed by atoms with E-state index >= 15 is 0 Å². The molecule has 3 aromatic rings. The van der Waals surface area contributed by atoms with Gasteiger partial charge in [-0.3, -0.25) is 4.79 Å². The van der Waals surface area contributed by atoms with Crippen molar-refractivity contribution in [2.45, 2.75) is 18.9 Å². The fourth-order valence-corrected chi connectivity index (χ4v) is 3.40. The van der Waals surface area contributed by atoms with Gasteiger partial charge in [0.25, 0.3) is 5.89 Å². The highest BCUT2D eigenvalue weighted by Gasteiger charge is 2.33. The van der Waals surface area contributed by atoms with E-state index in [9.17, 15) is 9.18 Å². The summed E-state index contributed by atoms with van der Waals surface area (Å²) in [7, 11) is 0. The quantitative estimate of drug-likeness (QED) is 0.667. The smallest absolute Gasteiger partial charge is 0.257 e. The van der Waals surface area contributed by atoms with E-state index in [1.165, 1.54) is 12.1 Å². The predicted octanol–water partition coefficient (Wildman–Crippen LogP) is 3.92. The number of carbonyl (C=O) groups excluding carboxylic acids is 1. The van der Waals surface area contributed by atoms with E-state index in [-0.39, 0.29) is 23.3 Å². The van der Waals surface area contributed by atoms with Gasteiger partial charge in [-0.2, -0.15) is 10.2 Å². The molecule has 1 unspecified atom stereocenters. The van der Waals surface area contributed by atoms with Gasteiger partial charge in [-0.25, -0.2) is 4.39 Å². The Morgan fingerprint density at radius 2 is 2.18 bits per heavy atom. The summed E-state index contributed by atoms with van der Waals surface area (Å²) in [6.45, 7) is 0.773. The van der Waals surface area contributed by atoms with Gasteiger partial charge >= 0.3 is 0 Å². The highest BCUT2D eigenvalue weighted by Crippen LogP contribution is 2.30. The summed E-state index contributed by atoms with van der Waals surface area (Å²) in [5.74, 6) is 0.0350. The molecule has 0 aliphatic carbocycles. The summed E-state index contributed by atoms with van der Waals surface area (Å²) >= 11 is 5.81. The first-order valence-corrected chi connectivity index (χ1v) is 8.97. The predicted molar refractivity (Wildman–Crippen MR) is 98.6 cm³/mol. The number of amides is 1. The summed E-state index contributed by atoms with van der Waals surface area (Å²) in [5, 5.41) is 13.1. The fourth-order valence-electron chi connectivity index (χ4n) is 3.20. The molecule has 1 amide bonds. The Balaban J connectivity index is 1.49. The molecule has 4 rings (SSSR count). The molecular weight excluding hydrogens is 383 g/mol. The minimum atomic E-state index is -0.490. The molecule has 1 aromatic heterocycles. The molecule has 2 aromatic carbocycles. The molecule has 1 saturated heterocycles. The summed E-state index contributed by atoms with van der Waals surface area (Å²) in [5.41, 5.74) is 1.90. The zero-order valence-electron chi connectivity index (χ0n) is 14.6. The lowest BCUT2D eigenvalue weighted by Crippen LogP contribution is -2.24. The lowest BCUT2D eigenvalue weighted by atomic mass is 10.1. The van der Waals surface area contributed by atoms with E-state index in [0.29, 0.717) is 35.9 Å². The Hall–Kier alpha value is -3.24. The molecule has 1 aliphatic heterocycles. The Bertz CT molecular complexity index is 1090. The number of hydrogen-bond acceptors (Lipinski definition) is 5. The average Bonchev–Trinajstić information content (AvgIpc) is 3.32. The van der Waals surface area contributed by atoms with Gasteiger partial charge < -0.3 is 9.42 Å². The molecule has 0 saturated carbocycles. The van der Waals surface area contributed by atoms with Crippen molar-refractivity contribution in [2.75, 3.05) is 6.54 Å². The van der Waals surface area contributed by atoms with Crippen LogP contribution in [0.1, 0.15) is 29.3 Å². The molecule has 8 heteroatoms. The Kier molecular flexibility index (Phi) is 4.80. The van der Waals surface area contributed by atoms with Gasteiger partial charge in [0.1, 0.15) is 5.82 Å². The number of nitrogens with zero attached hydrogens (tertiary/aromatic N) is 4. The molecule has 2 heterocycles. The van der Waals surface area contributed by atoms with Crippen LogP contribution in [0.25, 0.3) is 11.5 Å². The fraction of sp³-hybridized carbons (Fsp3) is 0.200. The van der Waals surface area contributed by atoms with Crippen molar-refractivity contribution in [1.29, 1.82) is 5.26 Å². The number of nitriles is 1. The maximum absolute atomic E-state index is 13.3. The van der Waals surface area contributed by atoms with Crippen LogP contribution < -0.4 is 0 Å². The first kappa shape index (κ1) is 18.1. The first-order valence-electron chi connectivity index (χ1n) is 8.59. The second-order valence-electron chi connectivity index (χ2n) is 6.57. The van der Waals surface area contributed by atoms with Gasteiger partial charge in [-0.15, -0.1) is 0 Å². The van der Waals surface area contributed by atoms with Crippen molar-refractivity contribution < 1.29 is 13.7 Å². The topological polar surface area (TPSA) is 83.0 Å². The third-order valence-corrected chi connectivity index (χ3v) is 4.91. The Labute approximate surface area is 165 Å². The minimum absolute atomic E-state index is 0.0307.